The third kappa shape index (κ3) is 7.40. The Labute approximate surface area is 209 Å². The maximum Gasteiger partial charge on any atom is 0.260 e. The Morgan fingerprint density at radius 2 is 1.66 bits per heavy atom. The first-order valence-corrected chi connectivity index (χ1v) is 12.8. The first-order valence-electron chi connectivity index (χ1n) is 10.6. The molecule has 0 spiro atoms. The lowest BCUT2D eigenvalue weighted by molar-refractivity contribution is -0.119. The standard InChI is InChI=1S/C25H25ClN4O4S/c1-17-7-4-12-23(13-17)30(35(3,33)34)16-24(31)29-28-18(2)19-8-6-11-22(15-19)27-25(32)20-9-5-10-21(26)14-20/h4-15H,16H2,1-3H3,(H,27,32)(H,29,31)/b28-18-. The molecule has 0 atom stereocenters. The first kappa shape index (κ1) is 25.9. The number of hydrogen-bond acceptors (Lipinski definition) is 5. The molecule has 0 aliphatic heterocycles. The van der Waals surface area contributed by atoms with Crippen molar-refractivity contribution in [1.82, 2.24) is 5.43 Å². The van der Waals surface area contributed by atoms with Gasteiger partial charge in [0.15, 0.2) is 0 Å². The molecule has 0 saturated carbocycles. The summed E-state index contributed by atoms with van der Waals surface area (Å²) in [6.07, 6.45) is 1.04. The maximum atomic E-state index is 12.5. The molecule has 3 aromatic rings. The average molecular weight is 513 g/mol. The summed E-state index contributed by atoms with van der Waals surface area (Å²) in [5, 5.41) is 7.35. The minimum absolute atomic E-state index is 0.315. The number of nitrogens with zero attached hydrogens (tertiary/aromatic N) is 2. The molecule has 2 amide bonds. The molecule has 0 fully saturated rings. The van der Waals surface area contributed by atoms with E-state index in [2.05, 4.69) is 15.8 Å². The van der Waals surface area contributed by atoms with Crippen LogP contribution in [-0.4, -0.2) is 38.7 Å². The van der Waals surface area contributed by atoms with Crippen LogP contribution in [0.1, 0.15) is 28.4 Å². The van der Waals surface area contributed by atoms with Gasteiger partial charge in [-0.3, -0.25) is 13.9 Å². The summed E-state index contributed by atoms with van der Waals surface area (Å²) in [6, 6.07) is 20.4. The third-order valence-corrected chi connectivity index (χ3v) is 6.33. The van der Waals surface area contributed by atoms with Crippen molar-refractivity contribution in [3.05, 3.63) is 94.5 Å². The zero-order valence-electron chi connectivity index (χ0n) is 19.4. The van der Waals surface area contributed by atoms with Crippen LogP contribution in [0.4, 0.5) is 11.4 Å². The smallest absolute Gasteiger partial charge is 0.260 e. The molecule has 0 unspecified atom stereocenters. The average Bonchev–Trinajstić information content (AvgIpc) is 2.80. The van der Waals surface area contributed by atoms with Crippen LogP contribution in [0.5, 0.6) is 0 Å². The lowest BCUT2D eigenvalue weighted by atomic mass is 10.1. The lowest BCUT2D eigenvalue weighted by Gasteiger charge is -2.21. The van der Waals surface area contributed by atoms with Gasteiger partial charge in [0.25, 0.3) is 11.8 Å². The zero-order chi connectivity index (χ0) is 25.6. The number of rotatable bonds is 8. The molecule has 10 heteroatoms. The quantitative estimate of drug-likeness (QED) is 0.348. The van der Waals surface area contributed by atoms with Gasteiger partial charge in [0.1, 0.15) is 6.54 Å². The van der Waals surface area contributed by atoms with Gasteiger partial charge in [-0.05, 0) is 67.4 Å². The van der Waals surface area contributed by atoms with E-state index in [-0.39, 0.29) is 5.91 Å². The minimum atomic E-state index is -3.69. The van der Waals surface area contributed by atoms with Crippen molar-refractivity contribution >= 4 is 50.5 Å². The minimum Gasteiger partial charge on any atom is -0.322 e. The Morgan fingerprint density at radius 3 is 2.34 bits per heavy atom. The van der Waals surface area contributed by atoms with Crippen molar-refractivity contribution in [2.75, 3.05) is 22.4 Å². The predicted molar refractivity (Wildman–Crippen MR) is 140 cm³/mol. The highest BCUT2D eigenvalue weighted by Crippen LogP contribution is 2.19. The fourth-order valence-electron chi connectivity index (χ4n) is 3.21. The topological polar surface area (TPSA) is 108 Å². The highest BCUT2D eigenvalue weighted by atomic mass is 35.5. The molecule has 0 aliphatic carbocycles. The van der Waals surface area contributed by atoms with Crippen molar-refractivity contribution in [1.29, 1.82) is 0 Å². The number of aryl methyl sites for hydroxylation is 1. The third-order valence-electron chi connectivity index (χ3n) is 4.95. The first-order chi connectivity index (χ1) is 16.5. The van der Waals surface area contributed by atoms with E-state index in [4.69, 9.17) is 11.6 Å². The summed E-state index contributed by atoms with van der Waals surface area (Å²) in [6.45, 7) is 3.10. The molecule has 3 rings (SSSR count). The number of benzene rings is 3. The highest BCUT2D eigenvalue weighted by molar-refractivity contribution is 7.92. The summed E-state index contributed by atoms with van der Waals surface area (Å²) in [5.74, 6) is -0.911. The highest BCUT2D eigenvalue weighted by Gasteiger charge is 2.21. The van der Waals surface area contributed by atoms with Crippen molar-refractivity contribution in [2.45, 2.75) is 13.8 Å². The second-order valence-corrected chi connectivity index (χ2v) is 10.2. The summed E-state index contributed by atoms with van der Waals surface area (Å²) in [7, 11) is -3.69. The van der Waals surface area contributed by atoms with Gasteiger partial charge in [0.05, 0.1) is 17.7 Å². The molecule has 0 radical (unpaired) electrons. The Balaban J connectivity index is 1.69. The lowest BCUT2D eigenvalue weighted by Crippen LogP contribution is -2.39. The molecule has 3 aromatic carbocycles. The summed E-state index contributed by atoms with van der Waals surface area (Å²) >= 11 is 5.95. The van der Waals surface area contributed by atoms with Crippen LogP contribution in [-0.2, 0) is 14.8 Å². The van der Waals surface area contributed by atoms with Crippen LogP contribution < -0.4 is 15.0 Å². The van der Waals surface area contributed by atoms with Gasteiger partial charge in [-0.2, -0.15) is 5.10 Å². The van der Waals surface area contributed by atoms with E-state index in [1.54, 1.807) is 73.7 Å². The number of carbonyl (C=O) groups is 2. The Morgan fingerprint density at radius 1 is 0.971 bits per heavy atom. The van der Waals surface area contributed by atoms with Gasteiger partial charge < -0.3 is 5.32 Å². The Kier molecular flexibility index (Phi) is 8.26. The number of hydrogen-bond donors (Lipinski definition) is 2. The Hall–Kier alpha value is -3.69. The summed E-state index contributed by atoms with van der Waals surface area (Å²) in [4.78, 5) is 25.0. The normalized spacial score (nSPS) is 11.6. The molecule has 0 saturated heterocycles. The molecule has 2 N–H and O–H groups in total. The van der Waals surface area contributed by atoms with E-state index in [9.17, 15) is 18.0 Å². The summed E-state index contributed by atoms with van der Waals surface area (Å²) in [5.41, 5.74) is 5.75. The SMILES string of the molecule is C/C(=N/NC(=O)CN(c1cccc(C)c1)S(C)(=O)=O)c1cccc(NC(=O)c2cccc(Cl)c2)c1. The van der Waals surface area contributed by atoms with Gasteiger partial charge in [-0.1, -0.05) is 41.9 Å². The van der Waals surface area contributed by atoms with E-state index in [1.165, 1.54) is 0 Å². The largest absolute Gasteiger partial charge is 0.322 e. The van der Waals surface area contributed by atoms with E-state index in [1.807, 2.05) is 13.0 Å². The molecular weight excluding hydrogens is 488 g/mol. The fraction of sp³-hybridized carbons (Fsp3) is 0.160. The second-order valence-electron chi connectivity index (χ2n) is 7.89. The molecular formula is C25H25ClN4O4S. The molecule has 0 aliphatic rings. The number of amides is 2. The van der Waals surface area contributed by atoms with Crippen LogP contribution in [0.2, 0.25) is 5.02 Å². The number of carbonyl (C=O) groups excluding carboxylic acids is 2. The molecule has 35 heavy (non-hydrogen) atoms. The van der Waals surface area contributed by atoms with Crippen LogP contribution in [0, 0.1) is 6.92 Å². The van der Waals surface area contributed by atoms with Gasteiger partial charge in [-0.15, -0.1) is 0 Å². The van der Waals surface area contributed by atoms with Crippen LogP contribution >= 0.6 is 11.6 Å². The van der Waals surface area contributed by atoms with E-state index >= 15 is 0 Å². The van der Waals surface area contributed by atoms with E-state index in [0.29, 0.717) is 33.2 Å². The van der Waals surface area contributed by atoms with Crippen molar-refractivity contribution in [3.63, 3.8) is 0 Å². The molecule has 8 nitrogen and oxygen atoms in total. The monoisotopic (exact) mass is 512 g/mol. The van der Waals surface area contributed by atoms with Gasteiger partial charge in [-0.25, -0.2) is 13.8 Å². The molecule has 0 aromatic heterocycles. The van der Waals surface area contributed by atoms with Crippen molar-refractivity contribution in [2.24, 2.45) is 5.10 Å². The van der Waals surface area contributed by atoms with Crippen LogP contribution in [0.3, 0.4) is 0 Å². The van der Waals surface area contributed by atoms with E-state index in [0.717, 1.165) is 16.1 Å². The predicted octanol–water partition coefficient (Wildman–Crippen LogP) is 4.21. The molecule has 0 bridgehead atoms. The molecule has 0 heterocycles. The molecule has 182 valence electrons. The second kappa shape index (κ2) is 11.2. The zero-order valence-corrected chi connectivity index (χ0v) is 21.0. The fourth-order valence-corrected chi connectivity index (χ4v) is 4.25. The van der Waals surface area contributed by atoms with Gasteiger partial charge in [0, 0.05) is 16.3 Å². The number of hydrazone groups is 1. The Bertz CT molecular complexity index is 1390. The van der Waals surface area contributed by atoms with Crippen molar-refractivity contribution < 1.29 is 18.0 Å². The van der Waals surface area contributed by atoms with Crippen LogP contribution in [0.25, 0.3) is 0 Å². The van der Waals surface area contributed by atoms with Gasteiger partial charge in [0.2, 0.25) is 10.0 Å². The van der Waals surface area contributed by atoms with Crippen molar-refractivity contribution in [3.8, 4) is 0 Å². The number of halogens is 1. The van der Waals surface area contributed by atoms with Crippen LogP contribution in [0.15, 0.2) is 77.9 Å². The number of nitrogens with one attached hydrogen (secondary N) is 2. The van der Waals surface area contributed by atoms with E-state index < -0.39 is 22.5 Å². The summed E-state index contributed by atoms with van der Waals surface area (Å²) < 4.78 is 25.5. The number of anilines is 2. The maximum absolute atomic E-state index is 12.5. The van der Waals surface area contributed by atoms with Gasteiger partial charge >= 0.3 is 0 Å². The number of sulfonamides is 1.